The number of aliphatic imine (C=N–C) groups is 1. The largest absolute Gasteiger partial charge is 0.302 e. The average Bonchev–Trinajstić information content (AvgIpc) is 3.13. The van der Waals surface area contributed by atoms with Crippen LogP contribution in [0.25, 0.3) is 6.08 Å². The molecule has 0 aliphatic carbocycles. The molecule has 9 heteroatoms. The summed E-state index contributed by atoms with van der Waals surface area (Å²) in [5, 5.41) is 7.01. The number of benzene rings is 1. The van der Waals surface area contributed by atoms with E-state index in [1.54, 1.807) is 18.3 Å². The average molecular weight is 393 g/mol. The Balaban J connectivity index is 1.69. The molecule has 0 radical (unpaired) electrons. The lowest BCUT2D eigenvalue weighted by molar-refractivity contribution is -0.115. The molecule has 1 saturated heterocycles. The SMILES string of the molecule is CC(=O)Nc1ncc(/C=C2\S/C(=N\Cc3ccccc3Cl)NC2=O)s1. The van der Waals surface area contributed by atoms with Crippen LogP contribution in [-0.2, 0) is 16.1 Å². The van der Waals surface area contributed by atoms with Gasteiger partial charge in [-0.2, -0.15) is 0 Å². The normalized spacial score (nSPS) is 17.1. The van der Waals surface area contributed by atoms with Gasteiger partial charge in [0, 0.05) is 18.1 Å². The second-order valence-electron chi connectivity index (χ2n) is 5.03. The molecule has 2 N–H and O–H groups in total. The Kier molecular flexibility index (Phi) is 5.52. The molecule has 1 aromatic heterocycles. The van der Waals surface area contributed by atoms with E-state index < -0.39 is 0 Å². The fourth-order valence-corrected chi connectivity index (χ4v) is 3.86. The van der Waals surface area contributed by atoms with Crippen LogP contribution >= 0.6 is 34.7 Å². The van der Waals surface area contributed by atoms with Crippen molar-refractivity contribution in [3.63, 3.8) is 0 Å². The maximum atomic E-state index is 12.1. The second-order valence-corrected chi connectivity index (χ2v) is 7.53. The number of anilines is 1. The summed E-state index contributed by atoms with van der Waals surface area (Å²) in [7, 11) is 0. The van der Waals surface area contributed by atoms with Crippen molar-refractivity contribution in [2.45, 2.75) is 13.5 Å². The molecular formula is C16H13ClN4O2S2. The van der Waals surface area contributed by atoms with Crippen LogP contribution < -0.4 is 10.6 Å². The Labute approximate surface area is 157 Å². The van der Waals surface area contributed by atoms with Gasteiger partial charge in [0.05, 0.1) is 16.3 Å². The summed E-state index contributed by atoms with van der Waals surface area (Å²) in [6.45, 7) is 1.81. The van der Waals surface area contributed by atoms with E-state index in [0.717, 1.165) is 10.4 Å². The predicted molar refractivity (Wildman–Crippen MR) is 103 cm³/mol. The maximum absolute atomic E-state index is 12.1. The van der Waals surface area contributed by atoms with Crippen molar-refractivity contribution in [2.75, 3.05) is 5.32 Å². The molecule has 0 unspecified atom stereocenters. The molecule has 128 valence electrons. The molecule has 1 fully saturated rings. The quantitative estimate of drug-likeness (QED) is 0.780. The molecule has 3 rings (SSSR count). The standard InChI is InChI=1S/C16H13ClN4O2S2/c1-9(22)20-15-19-8-11(24-15)6-13-14(23)21-16(25-13)18-7-10-4-2-3-5-12(10)17/h2-6,8H,7H2,1H3,(H,18,21,23)(H,19,20,22)/b13-6-. The van der Waals surface area contributed by atoms with Gasteiger partial charge in [0.25, 0.3) is 5.91 Å². The van der Waals surface area contributed by atoms with E-state index in [1.165, 1.54) is 30.0 Å². The second kappa shape index (κ2) is 7.81. The Morgan fingerprint density at radius 1 is 1.44 bits per heavy atom. The summed E-state index contributed by atoms with van der Waals surface area (Å²) in [6.07, 6.45) is 3.33. The molecule has 0 saturated carbocycles. The number of nitrogens with zero attached hydrogens (tertiary/aromatic N) is 2. The van der Waals surface area contributed by atoms with Gasteiger partial charge in [-0.3, -0.25) is 14.6 Å². The Morgan fingerprint density at radius 2 is 2.24 bits per heavy atom. The van der Waals surface area contributed by atoms with Crippen LogP contribution in [0, 0.1) is 0 Å². The number of nitrogens with one attached hydrogen (secondary N) is 2. The van der Waals surface area contributed by atoms with E-state index in [1.807, 2.05) is 18.2 Å². The first-order valence-corrected chi connectivity index (χ1v) is 9.24. The molecule has 0 bridgehead atoms. The van der Waals surface area contributed by atoms with E-state index >= 15 is 0 Å². The number of halogens is 1. The number of carbonyl (C=O) groups is 2. The number of thioether (sulfide) groups is 1. The highest BCUT2D eigenvalue weighted by Crippen LogP contribution is 2.29. The summed E-state index contributed by atoms with van der Waals surface area (Å²) >= 11 is 8.66. The fourth-order valence-electron chi connectivity index (χ4n) is 1.98. The summed E-state index contributed by atoms with van der Waals surface area (Å²) in [4.78, 5) is 32.9. The van der Waals surface area contributed by atoms with Crippen molar-refractivity contribution in [1.82, 2.24) is 10.3 Å². The molecule has 1 aromatic carbocycles. The van der Waals surface area contributed by atoms with Gasteiger partial charge in [0.2, 0.25) is 5.91 Å². The number of carbonyl (C=O) groups excluding carboxylic acids is 2. The van der Waals surface area contributed by atoms with Gasteiger partial charge in [0.1, 0.15) is 0 Å². The lowest BCUT2D eigenvalue weighted by Crippen LogP contribution is -2.19. The molecule has 1 aliphatic rings. The van der Waals surface area contributed by atoms with Gasteiger partial charge in [-0.1, -0.05) is 41.1 Å². The lowest BCUT2D eigenvalue weighted by atomic mass is 10.2. The Hall–Kier alpha value is -2.16. The first-order valence-electron chi connectivity index (χ1n) is 7.23. The molecule has 2 amide bonds. The minimum Gasteiger partial charge on any atom is -0.302 e. The Morgan fingerprint density at radius 3 is 3.00 bits per heavy atom. The van der Waals surface area contributed by atoms with E-state index in [-0.39, 0.29) is 11.8 Å². The molecule has 1 aliphatic heterocycles. The van der Waals surface area contributed by atoms with Crippen molar-refractivity contribution in [2.24, 2.45) is 4.99 Å². The van der Waals surface area contributed by atoms with Crippen LogP contribution in [-0.4, -0.2) is 22.0 Å². The molecule has 6 nitrogen and oxygen atoms in total. The van der Waals surface area contributed by atoms with Crippen LogP contribution in [0.15, 0.2) is 40.4 Å². The number of hydrogen-bond donors (Lipinski definition) is 2. The highest BCUT2D eigenvalue weighted by molar-refractivity contribution is 8.18. The van der Waals surface area contributed by atoms with E-state index in [0.29, 0.717) is 26.8 Å². The van der Waals surface area contributed by atoms with Crippen molar-refractivity contribution >= 4 is 62.9 Å². The van der Waals surface area contributed by atoms with Gasteiger partial charge >= 0.3 is 0 Å². The van der Waals surface area contributed by atoms with Gasteiger partial charge in [-0.25, -0.2) is 4.98 Å². The van der Waals surface area contributed by atoms with E-state index in [4.69, 9.17) is 11.6 Å². The molecule has 2 aromatic rings. The molecule has 2 heterocycles. The lowest BCUT2D eigenvalue weighted by Gasteiger charge is -2.00. The number of amides is 2. The van der Waals surface area contributed by atoms with Crippen LogP contribution in [0.2, 0.25) is 5.02 Å². The highest BCUT2D eigenvalue weighted by Gasteiger charge is 2.24. The first-order chi connectivity index (χ1) is 12.0. The summed E-state index contributed by atoms with van der Waals surface area (Å²) < 4.78 is 0. The van der Waals surface area contributed by atoms with Crippen LogP contribution in [0.3, 0.4) is 0 Å². The number of aromatic nitrogens is 1. The maximum Gasteiger partial charge on any atom is 0.264 e. The first kappa shape index (κ1) is 17.7. The Bertz CT molecular complexity index is 892. The zero-order valence-electron chi connectivity index (χ0n) is 13.1. The van der Waals surface area contributed by atoms with Crippen molar-refractivity contribution in [1.29, 1.82) is 0 Å². The van der Waals surface area contributed by atoms with Crippen molar-refractivity contribution < 1.29 is 9.59 Å². The highest BCUT2D eigenvalue weighted by atomic mass is 35.5. The number of thiazole rings is 1. The van der Waals surface area contributed by atoms with Gasteiger partial charge in [-0.15, -0.1) is 0 Å². The van der Waals surface area contributed by atoms with Gasteiger partial charge in [0.15, 0.2) is 10.3 Å². The number of hydrogen-bond acceptors (Lipinski definition) is 6. The third kappa shape index (κ3) is 4.68. The minimum atomic E-state index is -0.211. The smallest absolute Gasteiger partial charge is 0.264 e. The molecule has 0 spiro atoms. The molecule has 25 heavy (non-hydrogen) atoms. The summed E-state index contributed by atoms with van der Waals surface area (Å²) in [5.74, 6) is -0.395. The van der Waals surface area contributed by atoms with E-state index in [9.17, 15) is 9.59 Å². The predicted octanol–water partition coefficient (Wildman–Crippen LogP) is 3.52. The van der Waals surface area contributed by atoms with E-state index in [2.05, 4.69) is 20.6 Å². The molecule has 0 atom stereocenters. The van der Waals surface area contributed by atoms with Crippen LogP contribution in [0.1, 0.15) is 17.4 Å². The number of amidine groups is 1. The topological polar surface area (TPSA) is 83.4 Å². The summed E-state index contributed by atoms with van der Waals surface area (Å²) in [6, 6.07) is 7.45. The van der Waals surface area contributed by atoms with Crippen LogP contribution in [0.5, 0.6) is 0 Å². The monoisotopic (exact) mass is 392 g/mol. The fraction of sp³-hybridized carbons (Fsp3) is 0.125. The number of rotatable bonds is 4. The summed E-state index contributed by atoms with van der Waals surface area (Å²) in [5.41, 5.74) is 0.895. The minimum absolute atomic E-state index is 0.185. The van der Waals surface area contributed by atoms with Gasteiger partial charge < -0.3 is 10.6 Å². The van der Waals surface area contributed by atoms with Crippen molar-refractivity contribution in [3.8, 4) is 0 Å². The van der Waals surface area contributed by atoms with Gasteiger partial charge in [-0.05, 0) is 29.5 Å². The molecular weight excluding hydrogens is 380 g/mol. The van der Waals surface area contributed by atoms with Crippen LogP contribution in [0.4, 0.5) is 5.13 Å². The zero-order valence-corrected chi connectivity index (χ0v) is 15.5. The zero-order chi connectivity index (χ0) is 17.8. The van der Waals surface area contributed by atoms with Crippen molar-refractivity contribution in [3.05, 3.63) is 50.8 Å². The third-order valence-electron chi connectivity index (χ3n) is 3.08. The third-order valence-corrected chi connectivity index (χ3v) is 5.26.